The van der Waals surface area contributed by atoms with Gasteiger partial charge in [-0.25, -0.2) is 8.42 Å². The number of benzene rings is 1. The van der Waals surface area contributed by atoms with Gasteiger partial charge in [0.05, 0.1) is 13.7 Å². The van der Waals surface area contributed by atoms with Crippen molar-refractivity contribution >= 4 is 21.8 Å². The lowest BCUT2D eigenvalue weighted by Gasteiger charge is -2.32. The van der Waals surface area contributed by atoms with Crippen LogP contribution in [0.1, 0.15) is 36.5 Å². The van der Waals surface area contributed by atoms with E-state index in [0.29, 0.717) is 6.54 Å². The second-order valence-corrected chi connectivity index (χ2v) is 9.13. The largest absolute Gasteiger partial charge is 0.495 e. The molecule has 0 saturated carbocycles. The van der Waals surface area contributed by atoms with Gasteiger partial charge in [0.2, 0.25) is 15.9 Å². The molecule has 1 aromatic rings. The van der Waals surface area contributed by atoms with Crippen molar-refractivity contribution in [2.75, 3.05) is 41.3 Å². The number of carbonyl (C=O) groups excluding carboxylic acids is 2. The summed E-state index contributed by atoms with van der Waals surface area (Å²) in [5, 5.41) is 0. The van der Waals surface area contributed by atoms with Gasteiger partial charge in [0, 0.05) is 39.3 Å². The predicted octanol–water partition coefficient (Wildman–Crippen LogP) is 1.42. The van der Waals surface area contributed by atoms with Gasteiger partial charge in [0.1, 0.15) is 10.6 Å². The zero-order chi connectivity index (χ0) is 21.1. The number of hydrogen-bond acceptors (Lipinski definition) is 5. The van der Waals surface area contributed by atoms with Crippen LogP contribution in [0.3, 0.4) is 0 Å². The molecular formula is C19H29N3O5S. The number of nitrogens with zero attached hydrogens (tertiary/aromatic N) is 3. The maximum Gasteiger partial charge on any atom is 0.254 e. The number of sulfonamides is 1. The summed E-state index contributed by atoms with van der Waals surface area (Å²) in [7, 11) is 2.32. The molecule has 1 atom stereocenters. The second-order valence-electron chi connectivity index (χ2n) is 7.28. The lowest BCUT2D eigenvalue weighted by Crippen LogP contribution is -2.42. The summed E-state index contributed by atoms with van der Waals surface area (Å²) in [5.41, 5.74) is 0.193. The molecule has 0 aliphatic carbocycles. The van der Waals surface area contributed by atoms with Crippen molar-refractivity contribution in [2.24, 2.45) is 0 Å². The average molecular weight is 412 g/mol. The first-order valence-corrected chi connectivity index (χ1v) is 10.7. The summed E-state index contributed by atoms with van der Waals surface area (Å²) >= 11 is 0. The van der Waals surface area contributed by atoms with E-state index in [9.17, 15) is 18.0 Å². The molecule has 1 heterocycles. The van der Waals surface area contributed by atoms with E-state index < -0.39 is 15.9 Å². The van der Waals surface area contributed by atoms with Gasteiger partial charge in [-0.05, 0) is 38.0 Å². The topological polar surface area (TPSA) is 87.2 Å². The van der Waals surface area contributed by atoms with Crippen LogP contribution >= 0.6 is 0 Å². The molecule has 0 spiro atoms. The summed E-state index contributed by atoms with van der Waals surface area (Å²) in [6.45, 7) is 2.24. The standard InChI is InChI=1S/C19H29N3O5S/c1-14-8-6-7-11-22(14)28(25,26)17-12-15(9-10-16(17)27-5)19(24)21(4)13-18(23)20(2)3/h9-10,12,14H,6-8,11,13H2,1-5H3/t14-/m0/s1. The first-order chi connectivity index (χ1) is 13.1. The number of rotatable bonds is 6. The monoisotopic (exact) mass is 411 g/mol. The maximum atomic E-state index is 13.2. The number of piperidine rings is 1. The summed E-state index contributed by atoms with van der Waals surface area (Å²) in [6, 6.07) is 4.23. The quantitative estimate of drug-likeness (QED) is 0.707. The molecule has 0 bridgehead atoms. The first kappa shape index (κ1) is 22.2. The Morgan fingerprint density at radius 3 is 2.46 bits per heavy atom. The number of methoxy groups -OCH3 is 1. The first-order valence-electron chi connectivity index (χ1n) is 9.25. The molecule has 1 aliphatic rings. The number of hydrogen-bond donors (Lipinski definition) is 0. The molecule has 2 amide bonds. The summed E-state index contributed by atoms with van der Waals surface area (Å²) in [4.78, 5) is 27.2. The Morgan fingerprint density at radius 1 is 1.21 bits per heavy atom. The number of ether oxygens (including phenoxy) is 1. The zero-order valence-electron chi connectivity index (χ0n) is 17.1. The van der Waals surface area contributed by atoms with E-state index in [4.69, 9.17) is 4.74 Å². The number of amides is 2. The normalized spacial score (nSPS) is 17.8. The van der Waals surface area contributed by atoms with Crippen molar-refractivity contribution in [3.8, 4) is 5.75 Å². The van der Waals surface area contributed by atoms with Gasteiger partial charge in [-0.3, -0.25) is 9.59 Å². The van der Waals surface area contributed by atoms with Gasteiger partial charge >= 0.3 is 0 Å². The van der Waals surface area contributed by atoms with E-state index in [1.165, 1.54) is 46.5 Å². The Kier molecular flexibility index (Phi) is 7.06. The molecular weight excluding hydrogens is 382 g/mol. The Morgan fingerprint density at radius 2 is 1.89 bits per heavy atom. The summed E-state index contributed by atoms with van der Waals surface area (Å²) in [6.07, 6.45) is 2.60. The summed E-state index contributed by atoms with van der Waals surface area (Å²) < 4.78 is 33.2. The van der Waals surface area contributed by atoms with Crippen LogP contribution < -0.4 is 4.74 Å². The van der Waals surface area contributed by atoms with Crippen molar-refractivity contribution in [1.29, 1.82) is 0 Å². The number of carbonyl (C=O) groups is 2. The number of likely N-dealkylation sites (N-methyl/N-ethyl adjacent to an activating group) is 2. The smallest absolute Gasteiger partial charge is 0.254 e. The van der Waals surface area contributed by atoms with Crippen LogP contribution in [-0.2, 0) is 14.8 Å². The molecule has 0 radical (unpaired) electrons. The molecule has 28 heavy (non-hydrogen) atoms. The zero-order valence-corrected chi connectivity index (χ0v) is 18.0. The maximum absolute atomic E-state index is 13.2. The fraction of sp³-hybridized carbons (Fsp3) is 0.579. The van der Waals surface area contributed by atoms with Crippen molar-refractivity contribution in [2.45, 2.75) is 37.1 Å². The molecule has 0 aromatic heterocycles. The third-order valence-corrected chi connectivity index (χ3v) is 6.99. The Labute approximate surface area is 167 Å². The summed E-state index contributed by atoms with van der Waals surface area (Å²) in [5.74, 6) is -0.457. The molecule has 156 valence electrons. The Bertz CT molecular complexity index is 838. The molecule has 1 fully saturated rings. The van der Waals surface area contributed by atoms with E-state index in [2.05, 4.69) is 0 Å². The minimum absolute atomic E-state index is 0.0260. The highest BCUT2D eigenvalue weighted by Crippen LogP contribution is 2.31. The van der Waals surface area contributed by atoms with Crippen molar-refractivity contribution in [3.63, 3.8) is 0 Å². The van der Waals surface area contributed by atoms with E-state index in [1.807, 2.05) is 6.92 Å². The third kappa shape index (κ3) is 4.64. The van der Waals surface area contributed by atoms with Crippen LogP contribution in [0.4, 0.5) is 0 Å². The van der Waals surface area contributed by atoms with E-state index in [0.717, 1.165) is 19.3 Å². The lowest BCUT2D eigenvalue weighted by atomic mass is 10.1. The van der Waals surface area contributed by atoms with Gasteiger partial charge in [-0.2, -0.15) is 4.31 Å². The average Bonchev–Trinajstić information content (AvgIpc) is 2.66. The predicted molar refractivity (Wildman–Crippen MR) is 106 cm³/mol. The molecule has 1 aliphatic heterocycles. The lowest BCUT2D eigenvalue weighted by molar-refractivity contribution is -0.129. The molecule has 0 N–H and O–H groups in total. The molecule has 1 aromatic carbocycles. The van der Waals surface area contributed by atoms with Gasteiger partial charge in [-0.1, -0.05) is 6.42 Å². The minimum atomic E-state index is -3.81. The third-order valence-electron chi connectivity index (χ3n) is 4.96. The highest BCUT2D eigenvalue weighted by molar-refractivity contribution is 7.89. The van der Waals surface area contributed by atoms with Crippen LogP contribution in [0.2, 0.25) is 0 Å². The van der Waals surface area contributed by atoms with Crippen LogP contribution in [0.5, 0.6) is 5.75 Å². The SMILES string of the molecule is COc1ccc(C(=O)N(C)CC(=O)N(C)C)cc1S(=O)(=O)N1CCCC[C@@H]1C. The van der Waals surface area contributed by atoms with Gasteiger partial charge in [0.25, 0.3) is 5.91 Å². The minimum Gasteiger partial charge on any atom is -0.495 e. The molecule has 8 nitrogen and oxygen atoms in total. The van der Waals surface area contributed by atoms with Gasteiger partial charge in [-0.15, -0.1) is 0 Å². The highest BCUT2D eigenvalue weighted by atomic mass is 32.2. The van der Waals surface area contributed by atoms with E-state index in [1.54, 1.807) is 14.1 Å². The Hall–Kier alpha value is -2.13. The van der Waals surface area contributed by atoms with E-state index in [-0.39, 0.29) is 34.7 Å². The highest BCUT2D eigenvalue weighted by Gasteiger charge is 2.33. The van der Waals surface area contributed by atoms with Crippen molar-refractivity contribution in [1.82, 2.24) is 14.1 Å². The van der Waals surface area contributed by atoms with Gasteiger partial charge in [0.15, 0.2) is 0 Å². The second kappa shape index (κ2) is 8.91. The van der Waals surface area contributed by atoms with E-state index >= 15 is 0 Å². The molecule has 0 unspecified atom stereocenters. The van der Waals surface area contributed by atoms with Crippen LogP contribution in [0.15, 0.2) is 23.1 Å². The van der Waals surface area contributed by atoms with Crippen LogP contribution in [0.25, 0.3) is 0 Å². The molecule has 1 saturated heterocycles. The van der Waals surface area contributed by atoms with Crippen LogP contribution in [0, 0.1) is 0 Å². The molecule has 9 heteroatoms. The Balaban J connectivity index is 2.38. The van der Waals surface area contributed by atoms with Crippen LogP contribution in [-0.4, -0.2) is 81.7 Å². The fourth-order valence-corrected chi connectivity index (χ4v) is 5.09. The van der Waals surface area contributed by atoms with Gasteiger partial charge < -0.3 is 14.5 Å². The van der Waals surface area contributed by atoms with Crippen molar-refractivity contribution < 1.29 is 22.7 Å². The van der Waals surface area contributed by atoms with Crippen molar-refractivity contribution in [3.05, 3.63) is 23.8 Å². The molecule has 2 rings (SSSR count). The fourth-order valence-electron chi connectivity index (χ4n) is 3.20.